The molecular formula is C8H16O4. The summed E-state index contributed by atoms with van der Waals surface area (Å²) >= 11 is 0. The quantitative estimate of drug-likeness (QED) is 0.584. The number of aliphatic hydroxyl groups is 2. The Kier molecular flexibility index (Phi) is 2.73. The molecule has 0 spiro atoms. The number of rotatable bonds is 1. The molecule has 0 aliphatic carbocycles. The lowest BCUT2D eigenvalue weighted by Crippen LogP contribution is -2.55. The zero-order chi connectivity index (χ0) is 9.35. The van der Waals surface area contributed by atoms with Gasteiger partial charge in [-0.1, -0.05) is 0 Å². The summed E-state index contributed by atoms with van der Waals surface area (Å²) in [6.07, 6.45) is -1.62. The molecule has 0 aromatic heterocycles. The highest BCUT2D eigenvalue weighted by Crippen LogP contribution is 2.30. The second-order valence-corrected chi connectivity index (χ2v) is 3.46. The molecule has 1 aliphatic rings. The van der Waals surface area contributed by atoms with Crippen LogP contribution >= 0.6 is 0 Å². The molecule has 0 amide bonds. The van der Waals surface area contributed by atoms with Crippen LogP contribution in [0.25, 0.3) is 0 Å². The molecule has 12 heavy (non-hydrogen) atoms. The number of methoxy groups -OCH3 is 1. The summed E-state index contributed by atoms with van der Waals surface area (Å²) in [4.78, 5) is 0. The minimum atomic E-state index is -0.839. The second kappa shape index (κ2) is 3.30. The molecule has 4 atom stereocenters. The van der Waals surface area contributed by atoms with E-state index in [4.69, 9.17) is 9.47 Å². The highest BCUT2D eigenvalue weighted by atomic mass is 16.6. The van der Waals surface area contributed by atoms with Crippen molar-refractivity contribution in [3.05, 3.63) is 0 Å². The van der Waals surface area contributed by atoms with E-state index in [0.29, 0.717) is 6.42 Å². The summed E-state index contributed by atoms with van der Waals surface area (Å²) in [6.45, 7) is 3.48. The number of hydrogen-bond acceptors (Lipinski definition) is 4. The molecule has 1 saturated heterocycles. The molecular weight excluding hydrogens is 160 g/mol. The summed E-state index contributed by atoms with van der Waals surface area (Å²) < 4.78 is 10.2. The lowest BCUT2D eigenvalue weighted by atomic mass is 9.89. The average Bonchev–Trinajstić information content (AvgIpc) is 2.00. The fourth-order valence-corrected chi connectivity index (χ4v) is 1.54. The summed E-state index contributed by atoms with van der Waals surface area (Å²) in [7, 11) is 1.52. The molecule has 2 N–H and O–H groups in total. The van der Waals surface area contributed by atoms with E-state index in [-0.39, 0.29) is 0 Å². The van der Waals surface area contributed by atoms with E-state index in [1.807, 2.05) is 0 Å². The van der Waals surface area contributed by atoms with Gasteiger partial charge < -0.3 is 19.7 Å². The van der Waals surface area contributed by atoms with Crippen LogP contribution in [0, 0.1) is 0 Å². The first kappa shape index (κ1) is 9.92. The molecule has 0 bridgehead atoms. The van der Waals surface area contributed by atoms with Crippen molar-refractivity contribution >= 4 is 0 Å². The predicted molar refractivity (Wildman–Crippen MR) is 42.6 cm³/mol. The highest BCUT2D eigenvalue weighted by Gasteiger charge is 2.44. The van der Waals surface area contributed by atoms with Crippen LogP contribution in [0.2, 0.25) is 0 Å². The molecule has 1 rings (SSSR count). The Hall–Kier alpha value is -0.160. The summed E-state index contributed by atoms with van der Waals surface area (Å²) in [5, 5.41) is 18.9. The molecule has 0 aromatic carbocycles. The van der Waals surface area contributed by atoms with Gasteiger partial charge in [-0.3, -0.25) is 0 Å². The van der Waals surface area contributed by atoms with Crippen LogP contribution in [0.15, 0.2) is 0 Å². The monoisotopic (exact) mass is 176 g/mol. The lowest BCUT2D eigenvalue weighted by Gasteiger charge is -2.42. The largest absolute Gasteiger partial charge is 0.387 e. The van der Waals surface area contributed by atoms with Crippen LogP contribution in [0.5, 0.6) is 0 Å². The molecule has 0 radical (unpaired) electrons. The third kappa shape index (κ3) is 1.61. The standard InChI is InChI=1S/C8H16O4/c1-5-7(10)8(2,11-3)4-6(9)12-5/h5-7,9-10H,4H2,1-3H3/t5-,6?,7+,8+/m1/s1. The van der Waals surface area contributed by atoms with Gasteiger partial charge in [-0.2, -0.15) is 0 Å². The Morgan fingerprint density at radius 1 is 1.50 bits per heavy atom. The van der Waals surface area contributed by atoms with Crippen LogP contribution in [-0.2, 0) is 9.47 Å². The minimum absolute atomic E-state index is 0.301. The van der Waals surface area contributed by atoms with Crippen molar-refractivity contribution in [2.24, 2.45) is 0 Å². The van der Waals surface area contributed by atoms with Crippen LogP contribution in [0.1, 0.15) is 20.3 Å². The van der Waals surface area contributed by atoms with Crippen molar-refractivity contribution in [3.8, 4) is 0 Å². The van der Waals surface area contributed by atoms with Gasteiger partial charge in [-0.15, -0.1) is 0 Å². The van der Waals surface area contributed by atoms with Gasteiger partial charge in [0.05, 0.1) is 11.7 Å². The van der Waals surface area contributed by atoms with Gasteiger partial charge in [0, 0.05) is 13.5 Å². The third-order valence-electron chi connectivity index (χ3n) is 2.49. The van der Waals surface area contributed by atoms with E-state index in [1.165, 1.54) is 7.11 Å². The SMILES string of the molecule is CO[C@@]1(C)CC(O)O[C@H](C)[C@@H]1O. The van der Waals surface area contributed by atoms with Gasteiger partial charge in [0.2, 0.25) is 0 Å². The lowest BCUT2D eigenvalue weighted by molar-refractivity contribution is -0.263. The van der Waals surface area contributed by atoms with Crippen LogP contribution in [0.3, 0.4) is 0 Å². The van der Waals surface area contributed by atoms with E-state index in [2.05, 4.69) is 0 Å². The fourth-order valence-electron chi connectivity index (χ4n) is 1.54. The second-order valence-electron chi connectivity index (χ2n) is 3.46. The van der Waals surface area contributed by atoms with E-state index >= 15 is 0 Å². The molecule has 1 unspecified atom stereocenters. The van der Waals surface area contributed by atoms with Gasteiger partial charge >= 0.3 is 0 Å². The molecule has 0 aromatic rings. The third-order valence-corrected chi connectivity index (χ3v) is 2.49. The Balaban J connectivity index is 2.72. The molecule has 1 fully saturated rings. The molecule has 4 heteroatoms. The molecule has 72 valence electrons. The maximum atomic E-state index is 9.65. The molecule has 4 nitrogen and oxygen atoms in total. The Morgan fingerprint density at radius 2 is 2.08 bits per heavy atom. The van der Waals surface area contributed by atoms with Crippen molar-refractivity contribution in [2.45, 2.75) is 44.4 Å². The topological polar surface area (TPSA) is 58.9 Å². The molecule has 1 heterocycles. The number of ether oxygens (including phenoxy) is 2. The van der Waals surface area contributed by atoms with Gasteiger partial charge in [-0.05, 0) is 13.8 Å². The maximum Gasteiger partial charge on any atom is 0.157 e. The first-order valence-corrected chi connectivity index (χ1v) is 4.06. The van der Waals surface area contributed by atoms with Gasteiger partial charge in [0.15, 0.2) is 6.29 Å². The van der Waals surface area contributed by atoms with E-state index in [1.54, 1.807) is 13.8 Å². The average molecular weight is 176 g/mol. The summed E-state index contributed by atoms with van der Waals surface area (Å²) in [5.41, 5.74) is -0.697. The van der Waals surface area contributed by atoms with Crippen molar-refractivity contribution < 1.29 is 19.7 Å². The normalized spacial score (nSPS) is 49.2. The predicted octanol–water partition coefficient (Wildman–Crippen LogP) is -0.120. The Labute approximate surface area is 72.1 Å². The van der Waals surface area contributed by atoms with Crippen LogP contribution in [0.4, 0.5) is 0 Å². The molecule has 1 aliphatic heterocycles. The zero-order valence-corrected chi connectivity index (χ0v) is 7.65. The van der Waals surface area contributed by atoms with Crippen LogP contribution < -0.4 is 0 Å². The van der Waals surface area contributed by atoms with Crippen molar-refractivity contribution in [3.63, 3.8) is 0 Å². The highest BCUT2D eigenvalue weighted by molar-refractivity contribution is 4.91. The van der Waals surface area contributed by atoms with Crippen molar-refractivity contribution in [2.75, 3.05) is 7.11 Å². The Bertz CT molecular complexity index is 161. The smallest absolute Gasteiger partial charge is 0.157 e. The summed E-state index contributed by atoms with van der Waals surface area (Å²) in [6, 6.07) is 0. The molecule has 0 saturated carbocycles. The van der Waals surface area contributed by atoms with Gasteiger partial charge in [-0.25, -0.2) is 0 Å². The fraction of sp³-hybridized carbons (Fsp3) is 1.00. The Morgan fingerprint density at radius 3 is 2.58 bits per heavy atom. The number of aliphatic hydroxyl groups excluding tert-OH is 2. The van der Waals surface area contributed by atoms with E-state index in [9.17, 15) is 10.2 Å². The zero-order valence-electron chi connectivity index (χ0n) is 7.65. The minimum Gasteiger partial charge on any atom is -0.387 e. The first-order valence-electron chi connectivity index (χ1n) is 4.06. The van der Waals surface area contributed by atoms with Gasteiger partial charge in [0.1, 0.15) is 6.10 Å². The number of hydrogen-bond donors (Lipinski definition) is 2. The van der Waals surface area contributed by atoms with Crippen molar-refractivity contribution in [1.82, 2.24) is 0 Å². The van der Waals surface area contributed by atoms with Gasteiger partial charge in [0.25, 0.3) is 0 Å². The maximum absolute atomic E-state index is 9.65. The first-order chi connectivity index (χ1) is 5.49. The van der Waals surface area contributed by atoms with Crippen molar-refractivity contribution in [1.29, 1.82) is 0 Å². The van der Waals surface area contributed by atoms with Crippen LogP contribution in [-0.4, -0.2) is 41.4 Å². The van der Waals surface area contributed by atoms with E-state index < -0.39 is 24.1 Å². The van der Waals surface area contributed by atoms with E-state index in [0.717, 1.165) is 0 Å². The summed E-state index contributed by atoms with van der Waals surface area (Å²) in [5.74, 6) is 0.